The molecule has 5 rings (SSSR count). The third kappa shape index (κ3) is 2.18. The summed E-state index contributed by atoms with van der Waals surface area (Å²) in [5.41, 5.74) is 3.84. The number of halogens is 1. The fourth-order valence-corrected chi connectivity index (χ4v) is 3.63. The van der Waals surface area contributed by atoms with Crippen LogP contribution >= 0.6 is 0 Å². The van der Waals surface area contributed by atoms with Gasteiger partial charge in [0.05, 0.1) is 0 Å². The second kappa shape index (κ2) is 5.48. The summed E-state index contributed by atoms with van der Waals surface area (Å²) in [4.78, 5) is 0. The first-order valence-electron chi connectivity index (χ1n) is 7.65. The van der Waals surface area contributed by atoms with Crippen LogP contribution in [0.25, 0.3) is 5.69 Å². The summed E-state index contributed by atoms with van der Waals surface area (Å²) in [5, 5.41) is 4.71. The fraction of sp³-hybridized carbons (Fsp3) is 0.222. The highest BCUT2D eigenvalue weighted by Crippen LogP contribution is 2.35. The van der Waals surface area contributed by atoms with Crippen LogP contribution in [0.5, 0.6) is 0 Å². The summed E-state index contributed by atoms with van der Waals surface area (Å²) in [6.07, 6.45) is 3.32. The summed E-state index contributed by atoms with van der Waals surface area (Å²) >= 11 is 0. The van der Waals surface area contributed by atoms with Gasteiger partial charge in [-0.1, -0.05) is 47.1 Å². The van der Waals surface area contributed by atoms with Crippen molar-refractivity contribution in [1.82, 2.24) is 9.78 Å². The minimum Gasteiger partial charge on any atom is -1.00 e. The SMILES string of the molecule is [Cl-].c1ccc(-n2c[n+]3c(n2)CO[C@@H]2Cc4ccccc4[C@@H]23)cc1. The molecule has 0 radical (unpaired) electrons. The van der Waals surface area contributed by atoms with Crippen LogP contribution in [-0.4, -0.2) is 15.9 Å². The molecule has 2 atom stereocenters. The monoisotopic (exact) mass is 325 g/mol. The van der Waals surface area contributed by atoms with Crippen LogP contribution in [0.2, 0.25) is 0 Å². The topological polar surface area (TPSA) is 30.9 Å². The van der Waals surface area contributed by atoms with E-state index in [2.05, 4.69) is 47.3 Å². The Balaban J connectivity index is 0.00000135. The maximum Gasteiger partial charge on any atom is 0.304 e. The number of para-hydroxylation sites is 1. The van der Waals surface area contributed by atoms with E-state index in [0.29, 0.717) is 6.61 Å². The van der Waals surface area contributed by atoms with Crippen LogP contribution in [0.1, 0.15) is 23.0 Å². The second-order valence-corrected chi connectivity index (χ2v) is 5.92. The van der Waals surface area contributed by atoms with Gasteiger partial charge in [0.15, 0.2) is 0 Å². The van der Waals surface area contributed by atoms with Crippen molar-refractivity contribution in [2.75, 3.05) is 0 Å². The zero-order valence-corrected chi connectivity index (χ0v) is 13.2. The Bertz CT molecular complexity index is 846. The highest BCUT2D eigenvalue weighted by molar-refractivity contribution is 5.35. The van der Waals surface area contributed by atoms with Crippen molar-refractivity contribution in [2.24, 2.45) is 0 Å². The maximum absolute atomic E-state index is 6.06. The molecule has 1 aliphatic heterocycles. The molecule has 1 aromatic heterocycles. The minimum atomic E-state index is 0. The standard InChI is InChI=1S/C18H16N3O.ClH/c1-2-7-14(8-3-1)21-12-20-17(19-21)11-22-16-10-13-6-4-5-9-15(13)18(16)20;/h1-9,12,16,18H,10-11H2;1H/q+1;/p-1/t16-,18+;/m1./s1. The van der Waals surface area contributed by atoms with Crippen LogP contribution in [0.4, 0.5) is 0 Å². The van der Waals surface area contributed by atoms with Crippen molar-refractivity contribution in [2.45, 2.75) is 25.2 Å². The van der Waals surface area contributed by atoms with E-state index in [1.165, 1.54) is 11.1 Å². The van der Waals surface area contributed by atoms with Gasteiger partial charge in [-0.3, -0.25) is 0 Å². The van der Waals surface area contributed by atoms with E-state index in [1.807, 2.05) is 22.9 Å². The summed E-state index contributed by atoms with van der Waals surface area (Å²) in [6, 6.07) is 19.1. The lowest BCUT2D eigenvalue weighted by molar-refractivity contribution is -0.739. The molecule has 0 amide bonds. The zero-order valence-electron chi connectivity index (χ0n) is 12.5. The van der Waals surface area contributed by atoms with Gasteiger partial charge in [0, 0.05) is 11.5 Å². The van der Waals surface area contributed by atoms with Gasteiger partial charge in [-0.15, -0.1) is 0 Å². The first-order valence-corrected chi connectivity index (χ1v) is 7.65. The van der Waals surface area contributed by atoms with Gasteiger partial charge in [0.25, 0.3) is 0 Å². The molecule has 2 heterocycles. The molecule has 0 saturated heterocycles. The minimum absolute atomic E-state index is 0. The largest absolute Gasteiger partial charge is 1.00 e. The van der Waals surface area contributed by atoms with Crippen molar-refractivity contribution < 1.29 is 21.7 Å². The third-order valence-electron chi connectivity index (χ3n) is 4.65. The number of rotatable bonds is 1. The number of hydrogen-bond donors (Lipinski definition) is 0. The second-order valence-electron chi connectivity index (χ2n) is 5.92. The van der Waals surface area contributed by atoms with Gasteiger partial charge in [-0.25, -0.2) is 4.57 Å². The van der Waals surface area contributed by atoms with E-state index >= 15 is 0 Å². The molecule has 0 fully saturated rings. The van der Waals surface area contributed by atoms with Crippen molar-refractivity contribution in [3.8, 4) is 5.69 Å². The first-order chi connectivity index (χ1) is 10.9. The summed E-state index contributed by atoms with van der Waals surface area (Å²) in [6.45, 7) is 0.578. The van der Waals surface area contributed by atoms with Gasteiger partial charge < -0.3 is 17.1 Å². The number of ether oxygens (including phenoxy) is 1. The molecule has 0 saturated carbocycles. The van der Waals surface area contributed by atoms with Gasteiger partial charge >= 0.3 is 5.82 Å². The Labute approximate surface area is 140 Å². The van der Waals surface area contributed by atoms with Gasteiger partial charge in [0.1, 0.15) is 24.4 Å². The van der Waals surface area contributed by atoms with Crippen molar-refractivity contribution in [1.29, 1.82) is 0 Å². The third-order valence-corrected chi connectivity index (χ3v) is 4.65. The highest BCUT2D eigenvalue weighted by atomic mass is 35.5. The molecule has 5 heteroatoms. The normalized spacial score (nSPS) is 21.0. The molecular weight excluding hydrogens is 310 g/mol. The van der Waals surface area contributed by atoms with Gasteiger partial charge in [-0.05, 0) is 23.3 Å². The number of hydrogen-bond acceptors (Lipinski definition) is 2. The molecular formula is C18H16ClN3O. The average molecular weight is 326 g/mol. The number of aromatic nitrogens is 3. The van der Waals surface area contributed by atoms with Gasteiger partial charge in [0.2, 0.25) is 6.33 Å². The lowest BCUT2D eigenvalue weighted by Gasteiger charge is -2.23. The van der Waals surface area contributed by atoms with Crippen LogP contribution in [-0.2, 0) is 17.8 Å². The van der Waals surface area contributed by atoms with Crippen LogP contribution in [0.3, 0.4) is 0 Å². The lowest BCUT2D eigenvalue weighted by atomic mass is 10.1. The van der Waals surface area contributed by atoms with Crippen LogP contribution in [0, 0.1) is 0 Å². The van der Waals surface area contributed by atoms with Crippen molar-refractivity contribution in [3.63, 3.8) is 0 Å². The molecule has 0 unspecified atom stereocenters. The summed E-state index contributed by atoms with van der Waals surface area (Å²) < 4.78 is 10.3. The molecule has 116 valence electrons. The predicted octanol–water partition coefficient (Wildman–Crippen LogP) is -0.792. The van der Waals surface area contributed by atoms with Crippen molar-refractivity contribution >= 4 is 0 Å². The Hall–Kier alpha value is -2.17. The van der Waals surface area contributed by atoms with E-state index in [1.54, 1.807) is 0 Å². The molecule has 3 aromatic rings. The first kappa shape index (κ1) is 14.4. The lowest BCUT2D eigenvalue weighted by Crippen LogP contribution is -3.00. The Kier molecular flexibility index (Phi) is 3.43. The summed E-state index contributed by atoms with van der Waals surface area (Å²) in [7, 11) is 0. The summed E-state index contributed by atoms with van der Waals surface area (Å²) in [5.74, 6) is 0.988. The zero-order chi connectivity index (χ0) is 14.5. The maximum atomic E-state index is 6.06. The quantitative estimate of drug-likeness (QED) is 0.549. The molecule has 1 aliphatic carbocycles. The van der Waals surface area contributed by atoms with E-state index in [-0.39, 0.29) is 24.6 Å². The Morgan fingerprint density at radius 3 is 2.70 bits per heavy atom. The van der Waals surface area contributed by atoms with Crippen molar-refractivity contribution in [3.05, 3.63) is 77.9 Å². The predicted molar refractivity (Wildman–Crippen MR) is 80.6 cm³/mol. The molecule has 4 nitrogen and oxygen atoms in total. The van der Waals surface area contributed by atoms with E-state index < -0.39 is 0 Å². The number of benzene rings is 2. The average Bonchev–Trinajstić information content (AvgIpc) is 3.16. The molecule has 2 aliphatic rings. The highest BCUT2D eigenvalue weighted by Gasteiger charge is 2.43. The Morgan fingerprint density at radius 1 is 1.04 bits per heavy atom. The Morgan fingerprint density at radius 2 is 1.83 bits per heavy atom. The molecule has 23 heavy (non-hydrogen) atoms. The fourth-order valence-electron chi connectivity index (χ4n) is 3.63. The molecule has 0 bridgehead atoms. The molecule has 0 spiro atoms. The van der Waals surface area contributed by atoms with E-state index in [0.717, 1.165) is 17.9 Å². The molecule has 0 N–H and O–H groups in total. The van der Waals surface area contributed by atoms with E-state index in [4.69, 9.17) is 9.84 Å². The number of fused-ring (bicyclic) bond motifs is 5. The van der Waals surface area contributed by atoms with E-state index in [9.17, 15) is 0 Å². The van der Waals surface area contributed by atoms with Crippen LogP contribution in [0.15, 0.2) is 60.9 Å². The van der Waals surface area contributed by atoms with Crippen LogP contribution < -0.4 is 17.0 Å². The molecule has 2 aromatic carbocycles. The smallest absolute Gasteiger partial charge is 0.304 e. The number of nitrogens with zero attached hydrogens (tertiary/aromatic N) is 3. The van der Waals surface area contributed by atoms with Gasteiger partial charge in [-0.2, -0.15) is 0 Å².